The van der Waals surface area contributed by atoms with Gasteiger partial charge in [-0.05, 0) is 55.3 Å². The summed E-state index contributed by atoms with van der Waals surface area (Å²) in [7, 11) is 2.07. The summed E-state index contributed by atoms with van der Waals surface area (Å²) in [6, 6.07) is 25.4. The summed E-state index contributed by atoms with van der Waals surface area (Å²) in [5, 5.41) is 13.2. The highest BCUT2D eigenvalue weighted by molar-refractivity contribution is 6.42. The van der Waals surface area contributed by atoms with Crippen LogP contribution in [0.2, 0.25) is 10.0 Å². The molecule has 7 nitrogen and oxygen atoms in total. The number of aliphatic hydroxyl groups excluding tert-OH is 1. The van der Waals surface area contributed by atoms with E-state index in [0.29, 0.717) is 23.1 Å². The molecule has 0 saturated carbocycles. The lowest BCUT2D eigenvalue weighted by Crippen LogP contribution is -2.52. The lowest BCUT2D eigenvalue weighted by atomic mass is 9.80. The number of carbonyl (C=O) groups excluding carboxylic acids is 2. The van der Waals surface area contributed by atoms with Gasteiger partial charge in [0.1, 0.15) is 0 Å². The second-order valence-electron chi connectivity index (χ2n) is 11.0. The normalized spacial score (nSPS) is 18.1. The van der Waals surface area contributed by atoms with Gasteiger partial charge in [-0.3, -0.25) is 14.5 Å². The van der Waals surface area contributed by atoms with E-state index in [9.17, 15) is 9.59 Å². The molecule has 1 atom stereocenters. The van der Waals surface area contributed by atoms with Gasteiger partial charge in [0.25, 0.3) is 5.91 Å². The number of nitrogens with zero attached hydrogens (tertiary/aromatic N) is 3. The van der Waals surface area contributed by atoms with Crippen LogP contribution in [0, 0.1) is 0 Å². The van der Waals surface area contributed by atoms with E-state index in [1.165, 1.54) is 5.56 Å². The van der Waals surface area contributed by atoms with Gasteiger partial charge in [0, 0.05) is 51.8 Å². The predicted octanol–water partition coefficient (Wildman–Crippen LogP) is 6.07. The summed E-state index contributed by atoms with van der Waals surface area (Å²) in [6.07, 6.45) is 1.77. The summed E-state index contributed by atoms with van der Waals surface area (Å²) in [5.41, 5.74) is 2.73. The number of hydrogen-bond donors (Lipinski definition) is 2. The van der Waals surface area contributed by atoms with Crippen molar-refractivity contribution in [2.24, 2.45) is 0 Å². The predicted molar refractivity (Wildman–Crippen MR) is 183 cm³/mol. The highest BCUT2D eigenvalue weighted by Crippen LogP contribution is 2.33. The molecule has 3 aromatic carbocycles. The standard InChI is InChI=1S/C18H18Cl2N2O.C15H22N2O2.2ClH/c1-21-9-10-22(18(23)13-5-3-2-4-6-13)12-17(21)14-7-8-15(19)16(20)11-14;1-13(19)16-15(14-5-3-2-4-6-14)7-9-17(10-8-15)11-12-18;;/h2-8,11,17H,9-10,12H2,1H3;2-6,18H,7-12H2,1H3,(H,16,19);2*1H. The fourth-order valence-corrected chi connectivity index (χ4v) is 6.09. The molecule has 0 aliphatic carbocycles. The highest BCUT2D eigenvalue weighted by atomic mass is 35.5. The number of aliphatic hydroxyl groups is 1. The lowest BCUT2D eigenvalue weighted by Gasteiger charge is -2.42. The number of likely N-dealkylation sites (tertiary alicyclic amines) is 1. The van der Waals surface area contributed by atoms with Crippen LogP contribution in [0.1, 0.15) is 47.3 Å². The highest BCUT2D eigenvalue weighted by Gasteiger charge is 2.36. The van der Waals surface area contributed by atoms with Crippen LogP contribution in [0.5, 0.6) is 0 Å². The molecule has 44 heavy (non-hydrogen) atoms. The van der Waals surface area contributed by atoms with E-state index in [1.807, 2.05) is 71.6 Å². The van der Waals surface area contributed by atoms with Crippen LogP contribution in [0.15, 0.2) is 78.9 Å². The molecule has 3 aromatic rings. The van der Waals surface area contributed by atoms with Gasteiger partial charge in [-0.2, -0.15) is 0 Å². The minimum Gasteiger partial charge on any atom is -0.395 e. The number of hydrogen-bond acceptors (Lipinski definition) is 5. The molecule has 240 valence electrons. The molecule has 2 amide bonds. The third kappa shape index (κ3) is 9.82. The van der Waals surface area contributed by atoms with E-state index < -0.39 is 0 Å². The first kappa shape index (κ1) is 37.8. The van der Waals surface area contributed by atoms with Crippen molar-refractivity contribution in [1.29, 1.82) is 0 Å². The van der Waals surface area contributed by atoms with Crippen molar-refractivity contribution in [2.75, 3.05) is 52.9 Å². The average molecular weight is 685 g/mol. The molecule has 0 bridgehead atoms. The summed E-state index contributed by atoms with van der Waals surface area (Å²) in [6.45, 7) is 6.47. The van der Waals surface area contributed by atoms with Gasteiger partial charge in [0.2, 0.25) is 5.91 Å². The Labute approximate surface area is 283 Å². The minimum absolute atomic E-state index is 0. The number of halogens is 4. The number of nitrogens with one attached hydrogen (secondary N) is 1. The van der Waals surface area contributed by atoms with Crippen molar-refractivity contribution in [3.05, 3.63) is 106 Å². The maximum Gasteiger partial charge on any atom is 0.253 e. The molecular weight excluding hydrogens is 642 g/mol. The fraction of sp³-hybridized carbons (Fsp3) is 0.394. The molecule has 1 unspecified atom stereocenters. The zero-order chi connectivity index (χ0) is 30.1. The number of benzene rings is 3. The van der Waals surface area contributed by atoms with Crippen molar-refractivity contribution in [3.63, 3.8) is 0 Å². The molecule has 0 spiro atoms. The van der Waals surface area contributed by atoms with Crippen molar-refractivity contribution in [2.45, 2.75) is 31.3 Å². The maximum absolute atomic E-state index is 12.7. The maximum atomic E-state index is 12.7. The topological polar surface area (TPSA) is 76.1 Å². The number of piperidine rings is 1. The SMILES string of the molecule is CC(=O)NC1(c2ccccc2)CCN(CCO)CC1.CN1CCN(C(=O)c2ccccc2)CC1c1ccc(Cl)c(Cl)c1.Cl.Cl. The molecule has 2 aliphatic heterocycles. The molecule has 0 aromatic heterocycles. The summed E-state index contributed by atoms with van der Waals surface area (Å²) < 4.78 is 0. The van der Waals surface area contributed by atoms with Gasteiger partial charge in [-0.1, -0.05) is 77.8 Å². The quantitative estimate of drug-likeness (QED) is 0.330. The zero-order valence-corrected chi connectivity index (χ0v) is 28.3. The molecule has 2 N–H and O–H groups in total. The van der Waals surface area contributed by atoms with Crippen LogP contribution in [0.25, 0.3) is 0 Å². The van der Waals surface area contributed by atoms with E-state index in [-0.39, 0.29) is 54.8 Å². The van der Waals surface area contributed by atoms with E-state index in [2.05, 4.69) is 34.3 Å². The third-order valence-electron chi connectivity index (χ3n) is 8.15. The summed E-state index contributed by atoms with van der Waals surface area (Å²) >= 11 is 12.1. The molecule has 5 rings (SSSR count). The molecule has 2 aliphatic rings. The summed E-state index contributed by atoms with van der Waals surface area (Å²) in [4.78, 5) is 30.6. The Balaban J connectivity index is 0.000000299. The molecule has 0 radical (unpaired) electrons. The van der Waals surface area contributed by atoms with Crippen LogP contribution >= 0.6 is 48.0 Å². The Hall–Kier alpha value is -2.36. The van der Waals surface area contributed by atoms with Crippen molar-refractivity contribution < 1.29 is 14.7 Å². The van der Waals surface area contributed by atoms with Crippen LogP contribution in [0.3, 0.4) is 0 Å². The number of carbonyl (C=O) groups is 2. The first-order chi connectivity index (χ1) is 20.2. The number of rotatable bonds is 6. The minimum atomic E-state index is -0.251. The number of β-amino-alcohol motifs (C(OH)–C–C–N with tert-alkyl or cyclic N) is 1. The third-order valence-corrected chi connectivity index (χ3v) is 8.89. The van der Waals surface area contributed by atoms with Crippen LogP contribution in [-0.2, 0) is 10.3 Å². The number of likely N-dealkylation sites (N-methyl/N-ethyl adjacent to an activating group) is 1. The van der Waals surface area contributed by atoms with Gasteiger partial charge in [0.05, 0.1) is 28.2 Å². The van der Waals surface area contributed by atoms with Crippen LogP contribution in [-0.4, -0.2) is 84.5 Å². The van der Waals surface area contributed by atoms with Gasteiger partial charge in [-0.25, -0.2) is 0 Å². The first-order valence-corrected chi connectivity index (χ1v) is 15.1. The molecular formula is C33H42Cl4N4O3. The van der Waals surface area contributed by atoms with Crippen LogP contribution in [0.4, 0.5) is 0 Å². The van der Waals surface area contributed by atoms with E-state index in [0.717, 1.165) is 50.1 Å². The average Bonchev–Trinajstić information content (AvgIpc) is 3.01. The number of piperazine rings is 1. The van der Waals surface area contributed by atoms with Gasteiger partial charge in [0.15, 0.2) is 0 Å². The second-order valence-corrected chi connectivity index (χ2v) is 11.8. The van der Waals surface area contributed by atoms with E-state index in [4.69, 9.17) is 28.3 Å². The van der Waals surface area contributed by atoms with Crippen LogP contribution < -0.4 is 5.32 Å². The molecule has 2 fully saturated rings. The van der Waals surface area contributed by atoms with Gasteiger partial charge < -0.3 is 20.2 Å². The molecule has 11 heteroatoms. The molecule has 2 heterocycles. The zero-order valence-electron chi connectivity index (χ0n) is 25.1. The largest absolute Gasteiger partial charge is 0.395 e. The second kappa shape index (κ2) is 18.0. The Kier molecular flexibility index (Phi) is 15.4. The Bertz CT molecular complexity index is 1330. The Morgan fingerprint density at radius 1 is 0.886 bits per heavy atom. The van der Waals surface area contributed by atoms with E-state index >= 15 is 0 Å². The molecule has 2 saturated heterocycles. The smallest absolute Gasteiger partial charge is 0.253 e. The first-order valence-electron chi connectivity index (χ1n) is 14.4. The van der Waals surface area contributed by atoms with Crippen molar-refractivity contribution in [3.8, 4) is 0 Å². The van der Waals surface area contributed by atoms with E-state index in [1.54, 1.807) is 6.92 Å². The Morgan fingerprint density at radius 3 is 2.07 bits per heavy atom. The Morgan fingerprint density at radius 2 is 1.50 bits per heavy atom. The fourth-order valence-electron chi connectivity index (χ4n) is 5.78. The monoisotopic (exact) mass is 682 g/mol. The van der Waals surface area contributed by atoms with Gasteiger partial charge in [-0.15, -0.1) is 24.8 Å². The van der Waals surface area contributed by atoms with Crippen molar-refractivity contribution >= 4 is 59.8 Å². The lowest BCUT2D eigenvalue weighted by molar-refractivity contribution is -0.121. The van der Waals surface area contributed by atoms with Gasteiger partial charge >= 0.3 is 0 Å². The van der Waals surface area contributed by atoms with Crippen molar-refractivity contribution in [1.82, 2.24) is 20.0 Å². The summed E-state index contributed by atoms with van der Waals surface area (Å²) in [5.74, 6) is 0.0863. The number of amides is 2.